The zero-order chi connectivity index (χ0) is 87.9. The number of nitrogens with zero attached hydrogens (tertiary/aromatic N) is 24. The summed E-state index contributed by atoms with van der Waals surface area (Å²) in [4.78, 5) is 81.2. The van der Waals surface area contributed by atoms with Crippen molar-refractivity contribution in [2.75, 3.05) is 31.9 Å². The average Bonchev–Trinajstić information content (AvgIpc) is 1.70. The molecule has 6 heterocycles. The van der Waals surface area contributed by atoms with Gasteiger partial charge in [-0.15, -0.1) is 0 Å². The first kappa shape index (κ1) is 85.3. The van der Waals surface area contributed by atoms with E-state index in [1.165, 1.54) is 28.8 Å². The number of amides is 6. The first-order chi connectivity index (χ1) is 61.3. The monoisotopic (exact) mass is 1690 g/mol. The number of hydrogen-bond donors (Lipinski definition) is 12. The predicted octanol–water partition coefficient (Wildman–Crippen LogP) is 6.22. The summed E-state index contributed by atoms with van der Waals surface area (Å²) in [7, 11) is 0. The molecule has 18 rings (SSSR count). The first-order valence-electron chi connectivity index (χ1n) is 38.2. The Morgan fingerprint density at radius 3 is 0.405 bits per heavy atom. The van der Waals surface area contributed by atoms with Gasteiger partial charge in [-0.2, -0.15) is 0 Å². The highest BCUT2D eigenvalue weighted by Gasteiger charge is 2.18. The van der Waals surface area contributed by atoms with Crippen molar-refractivity contribution in [3.05, 3.63) is 358 Å². The molecule has 6 amide bonds. The zero-order valence-electron chi connectivity index (χ0n) is 67.9. The molecule has 0 bridgehead atoms. The molecular formula is C84H78N36O6+6. The van der Waals surface area contributed by atoms with Gasteiger partial charge in [0.1, 0.15) is 31.3 Å². The number of aryl methyl sites for hydroxylation is 6. The molecule has 0 saturated heterocycles. The normalized spacial score (nSPS) is 10.3. The molecule has 624 valence electrons. The van der Waals surface area contributed by atoms with Crippen LogP contribution in [0.5, 0.6) is 0 Å². The van der Waals surface area contributed by atoms with E-state index in [1.807, 2.05) is 187 Å². The summed E-state index contributed by atoms with van der Waals surface area (Å²) in [5.41, 5.74) is 19.3. The van der Waals surface area contributed by atoms with Crippen molar-refractivity contribution in [2.45, 2.75) is 41.5 Å². The van der Waals surface area contributed by atoms with Gasteiger partial charge in [-0.05, 0) is 320 Å². The number of nitrogens with one attached hydrogen (secondary N) is 12. The number of benzene rings is 12. The molecule has 42 heteroatoms. The molecule has 12 N–H and O–H groups in total. The van der Waals surface area contributed by atoms with E-state index in [0.717, 1.165) is 102 Å². The van der Waals surface area contributed by atoms with E-state index in [9.17, 15) is 28.8 Å². The fourth-order valence-electron chi connectivity index (χ4n) is 11.1. The molecule has 0 aliphatic rings. The minimum Gasteiger partial charge on any atom is -0.322 e. The Kier molecular flexibility index (Phi) is 28.6. The second-order valence-corrected chi connectivity index (χ2v) is 27.3. The van der Waals surface area contributed by atoms with E-state index >= 15 is 0 Å². The summed E-state index contributed by atoms with van der Waals surface area (Å²) < 4.78 is 0. The second-order valence-electron chi connectivity index (χ2n) is 27.3. The number of hydrogen-bond acceptors (Lipinski definition) is 24. The highest BCUT2D eigenvalue weighted by molar-refractivity contribution is 6.07. The van der Waals surface area contributed by atoms with Crippen LogP contribution in [-0.4, -0.2) is 161 Å². The molecule has 0 aliphatic carbocycles. The summed E-state index contributed by atoms with van der Waals surface area (Å²) in [5, 5.41) is 96.8. The van der Waals surface area contributed by atoms with Gasteiger partial charge in [0.05, 0.1) is 0 Å². The highest BCUT2D eigenvalue weighted by atomic mass is 16.2. The van der Waals surface area contributed by atoms with Crippen LogP contribution in [0.3, 0.4) is 0 Å². The van der Waals surface area contributed by atoms with E-state index in [-0.39, 0.29) is 35.4 Å². The second kappa shape index (κ2) is 42.2. The summed E-state index contributed by atoms with van der Waals surface area (Å²) >= 11 is 0. The molecule has 0 saturated carbocycles. The summed E-state index contributed by atoms with van der Waals surface area (Å²) in [6, 6.07) is 87.6. The number of rotatable bonds is 18. The number of aromatic amines is 6. The largest absolute Gasteiger partial charge is 0.322 e. The quantitative estimate of drug-likeness (QED) is 0.0424. The molecule has 42 nitrogen and oxygen atoms in total. The van der Waals surface area contributed by atoms with Crippen molar-refractivity contribution in [2.24, 2.45) is 0 Å². The third kappa shape index (κ3) is 24.8. The van der Waals surface area contributed by atoms with E-state index in [1.54, 1.807) is 146 Å². The lowest BCUT2D eigenvalue weighted by atomic mass is 10.2. The van der Waals surface area contributed by atoms with Gasteiger partial charge in [-0.1, -0.05) is 106 Å². The van der Waals surface area contributed by atoms with E-state index < -0.39 is 0 Å². The van der Waals surface area contributed by atoms with Gasteiger partial charge in [-0.25, -0.2) is 0 Å². The van der Waals surface area contributed by atoms with Crippen LogP contribution in [-0.2, 0) is 0 Å². The summed E-state index contributed by atoms with van der Waals surface area (Å²) in [6.45, 7) is 12.0. The van der Waals surface area contributed by atoms with E-state index in [4.69, 9.17) is 0 Å². The number of carbonyl (C=O) groups is 6. The lowest BCUT2D eigenvalue weighted by Crippen LogP contribution is -2.36. The molecule has 0 fully saturated rings. The maximum atomic E-state index is 12.1. The molecule has 0 atom stereocenters. The van der Waals surface area contributed by atoms with Gasteiger partial charge >= 0.3 is 0 Å². The van der Waals surface area contributed by atoms with Crippen LogP contribution in [0, 0.1) is 41.5 Å². The molecule has 0 spiro atoms. The topological polar surface area (TPSA) is 525 Å². The summed E-state index contributed by atoms with van der Waals surface area (Å²) in [6.07, 6.45) is 0. The molecule has 6 aromatic heterocycles. The van der Waals surface area contributed by atoms with Crippen molar-refractivity contribution in [3.63, 3.8) is 0 Å². The Bertz CT molecular complexity index is 5440. The van der Waals surface area contributed by atoms with Gasteiger partial charge in [0.15, 0.2) is 34.1 Å². The minimum absolute atomic E-state index is 0.161. The van der Waals surface area contributed by atoms with Crippen LogP contribution in [0.15, 0.2) is 291 Å². The number of carbonyl (C=O) groups excluding carboxylic acids is 6. The van der Waals surface area contributed by atoms with Gasteiger partial charge in [0, 0.05) is 67.5 Å². The van der Waals surface area contributed by atoms with Gasteiger partial charge in [0.2, 0.25) is 62.6 Å². The third-order valence-electron chi connectivity index (χ3n) is 18.0. The van der Waals surface area contributed by atoms with Gasteiger partial charge in [0.25, 0.3) is 35.4 Å². The number of aromatic nitrogens is 30. The van der Waals surface area contributed by atoms with E-state index in [2.05, 4.69) is 157 Å². The molecule has 12 aromatic carbocycles. The molecule has 0 unspecified atom stereocenters. The zero-order valence-corrected chi connectivity index (χ0v) is 67.9. The van der Waals surface area contributed by atoms with Crippen molar-refractivity contribution >= 4 is 69.6 Å². The Morgan fingerprint density at radius 1 is 0.183 bits per heavy atom. The molecule has 0 aliphatic heterocycles. The van der Waals surface area contributed by atoms with Crippen LogP contribution in [0.1, 0.15) is 95.5 Å². The lowest BCUT2D eigenvalue weighted by molar-refractivity contribution is -0.719. The van der Waals surface area contributed by atoms with Crippen LogP contribution >= 0.6 is 0 Å². The fraction of sp³-hybridized carbons (Fsp3) is 0.0714. The summed E-state index contributed by atoms with van der Waals surface area (Å²) in [5.74, 6) is -0.966. The molecular weight excluding hydrogens is 1610 g/mol. The Balaban J connectivity index is 0.000000130. The van der Waals surface area contributed by atoms with Crippen molar-refractivity contribution in [1.82, 2.24) is 125 Å². The smallest absolute Gasteiger partial charge is 0.255 e. The number of anilines is 6. The predicted molar refractivity (Wildman–Crippen MR) is 449 cm³/mol. The minimum atomic E-state index is -0.161. The van der Waals surface area contributed by atoms with Crippen molar-refractivity contribution in [1.29, 1.82) is 0 Å². The standard InChI is InChI=1S/6C14H12N6O/c6*1-10-2-6-12(7-3-10)15-14(21)11-4-8-13(9-5-11)20-18-16-17-19-20/h6*2-9H,1H3,(H,15,21)/p+6. The Labute approximate surface area is 714 Å². The van der Waals surface area contributed by atoms with Gasteiger partial charge in [-0.3, -0.25) is 28.8 Å². The van der Waals surface area contributed by atoms with Crippen LogP contribution in [0.25, 0.3) is 34.1 Å². The first-order valence-corrected chi connectivity index (χ1v) is 38.2. The molecule has 18 aromatic rings. The van der Waals surface area contributed by atoms with E-state index in [0.29, 0.717) is 33.4 Å². The lowest BCUT2D eigenvalue weighted by Gasteiger charge is -2.05. The molecule has 0 radical (unpaired) electrons. The van der Waals surface area contributed by atoms with Crippen LogP contribution < -0.4 is 60.7 Å². The van der Waals surface area contributed by atoms with Crippen LogP contribution in [0.2, 0.25) is 0 Å². The van der Waals surface area contributed by atoms with Crippen molar-refractivity contribution < 1.29 is 57.5 Å². The highest BCUT2D eigenvalue weighted by Crippen LogP contribution is 2.19. The SMILES string of the molecule is Cc1ccc(NC(=O)c2ccc(-[n+]3nnn[nH]3)cc2)cc1.Cc1ccc(NC(=O)c2ccc(-[n+]3nnn[nH]3)cc2)cc1.Cc1ccc(NC(=O)c2ccc(-[n+]3nnn[nH]3)cc2)cc1.Cc1ccc(NC(=O)c2ccc(-[n+]3nnn[nH]3)cc2)cc1.Cc1ccc(NC(=O)c2ccc(-[n+]3nnn[nH]3)cc2)cc1.Cc1ccc(NC(=O)c2ccc(-[n+]3nnn[nH]3)cc2)cc1. The van der Waals surface area contributed by atoms with Crippen molar-refractivity contribution in [3.8, 4) is 34.1 Å². The Hall–Kier alpha value is -18.5. The number of H-pyrrole nitrogens is 6. The fourth-order valence-corrected chi connectivity index (χ4v) is 11.1. The maximum absolute atomic E-state index is 12.1. The Morgan fingerprint density at radius 2 is 0.302 bits per heavy atom. The van der Waals surface area contributed by atoms with Gasteiger partial charge < -0.3 is 31.9 Å². The maximum Gasteiger partial charge on any atom is 0.255 e. The molecule has 126 heavy (non-hydrogen) atoms. The van der Waals surface area contributed by atoms with Crippen LogP contribution in [0.4, 0.5) is 34.1 Å². The average molecular weight is 1690 g/mol. The third-order valence-corrected chi connectivity index (χ3v) is 18.0.